The molecular formula is C21H29NO10. The van der Waals surface area contributed by atoms with E-state index in [1.807, 2.05) is 0 Å². The Morgan fingerprint density at radius 3 is 2.09 bits per heavy atom. The SMILES string of the molecule is CCOC(=O)Oc1ccc(C[C@H](NCCOC(=O)CC)C(=O)OC)cc1OC(=O)OCC. The first-order valence-corrected chi connectivity index (χ1v) is 10.1. The van der Waals surface area contributed by atoms with Crippen LogP contribution >= 0.6 is 0 Å². The second-order valence-electron chi connectivity index (χ2n) is 6.16. The standard InChI is InChI=1S/C21H29NO10/c1-5-18(23)30-11-10-22-15(19(24)27-4)12-14-8-9-16(31-20(25)28-6-2)17(13-14)32-21(26)29-7-3/h8-9,13,15,22H,5-7,10-12H2,1-4H3/t15-/m0/s1. The molecule has 0 unspecified atom stereocenters. The molecule has 11 heteroatoms. The van der Waals surface area contributed by atoms with Crippen molar-refractivity contribution in [2.75, 3.05) is 33.5 Å². The summed E-state index contributed by atoms with van der Waals surface area (Å²) < 4.78 is 29.5. The van der Waals surface area contributed by atoms with E-state index in [1.54, 1.807) is 26.8 Å². The molecule has 0 saturated carbocycles. The summed E-state index contributed by atoms with van der Waals surface area (Å²) in [4.78, 5) is 46.8. The van der Waals surface area contributed by atoms with E-state index in [9.17, 15) is 19.2 Å². The highest BCUT2D eigenvalue weighted by atomic mass is 16.7. The summed E-state index contributed by atoms with van der Waals surface area (Å²) in [7, 11) is 1.25. The minimum atomic E-state index is -0.987. The van der Waals surface area contributed by atoms with Crippen molar-refractivity contribution in [3.05, 3.63) is 23.8 Å². The Kier molecular flexibility index (Phi) is 12.2. The van der Waals surface area contributed by atoms with Crippen molar-refractivity contribution in [1.29, 1.82) is 0 Å². The highest BCUT2D eigenvalue weighted by Crippen LogP contribution is 2.30. The lowest BCUT2D eigenvalue weighted by Gasteiger charge is -2.17. The van der Waals surface area contributed by atoms with Crippen molar-refractivity contribution in [2.45, 2.75) is 39.7 Å². The molecule has 1 aromatic rings. The number of rotatable bonds is 12. The van der Waals surface area contributed by atoms with Gasteiger partial charge in [0.05, 0.1) is 20.3 Å². The van der Waals surface area contributed by atoms with Crippen LogP contribution < -0.4 is 14.8 Å². The van der Waals surface area contributed by atoms with E-state index >= 15 is 0 Å². The van der Waals surface area contributed by atoms with Gasteiger partial charge < -0.3 is 33.7 Å². The largest absolute Gasteiger partial charge is 0.513 e. The molecule has 0 heterocycles. The van der Waals surface area contributed by atoms with Crippen LogP contribution in [0.3, 0.4) is 0 Å². The molecule has 0 spiro atoms. The number of nitrogens with one attached hydrogen (secondary N) is 1. The van der Waals surface area contributed by atoms with Gasteiger partial charge in [0.2, 0.25) is 0 Å². The molecule has 0 aliphatic heterocycles. The van der Waals surface area contributed by atoms with Crippen molar-refractivity contribution in [3.63, 3.8) is 0 Å². The van der Waals surface area contributed by atoms with Crippen LogP contribution in [0.2, 0.25) is 0 Å². The molecule has 1 rings (SSSR count). The van der Waals surface area contributed by atoms with Crippen molar-refractivity contribution < 1.29 is 47.6 Å². The molecule has 0 radical (unpaired) electrons. The van der Waals surface area contributed by atoms with Crippen LogP contribution in [0.15, 0.2) is 18.2 Å². The molecule has 32 heavy (non-hydrogen) atoms. The third kappa shape index (κ3) is 9.65. The number of carbonyl (C=O) groups excluding carboxylic acids is 4. The summed E-state index contributed by atoms with van der Waals surface area (Å²) in [5.41, 5.74) is 0.564. The van der Waals surface area contributed by atoms with Crippen molar-refractivity contribution in [3.8, 4) is 11.5 Å². The van der Waals surface area contributed by atoms with Gasteiger partial charge in [-0.05, 0) is 38.0 Å². The average molecular weight is 455 g/mol. The quantitative estimate of drug-likeness (QED) is 0.215. The van der Waals surface area contributed by atoms with Crippen LogP contribution in [-0.2, 0) is 35.0 Å². The first-order chi connectivity index (χ1) is 15.3. The Morgan fingerprint density at radius 1 is 0.906 bits per heavy atom. The molecule has 0 saturated heterocycles. The summed E-state index contributed by atoms with van der Waals surface area (Å²) in [6, 6.07) is 3.65. The lowest BCUT2D eigenvalue weighted by atomic mass is 10.1. The molecule has 0 aliphatic rings. The van der Waals surface area contributed by atoms with E-state index in [4.69, 9.17) is 28.4 Å². The van der Waals surface area contributed by atoms with E-state index in [-0.39, 0.29) is 56.7 Å². The first-order valence-electron chi connectivity index (χ1n) is 10.1. The van der Waals surface area contributed by atoms with Gasteiger partial charge in [0.1, 0.15) is 12.6 Å². The van der Waals surface area contributed by atoms with Gasteiger partial charge in [-0.15, -0.1) is 0 Å². The fourth-order valence-corrected chi connectivity index (χ4v) is 2.43. The second-order valence-corrected chi connectivity index (χ2v) is 6.16. The Balaban J connectivity index is 2.98. The van der Waals surface area contributed by atoms with Gasteiger partial charge in [0, 0.05) is 13.0 Å². The first kappa shape index (κ1) is 26.7. The van der Waals surface area contributed by atoms with E-state index in [0.29, 0.717) is 5.56 Å². The zero-order valence-electron chi connectivity index (χ0n) is 18.6. The highest BCUT2D eigenvalue weighted by molar-refractivity contribution is 5.76. The minimum Gasteiger partial charge on any atom is -0.468 e. The molecule has 0 aromatic heterocycles. The lowest BCUT2D eigenvalue weighted by Crippen LogP contribution is -2.41. The molecule has 0 bridgehead atoms. The summed E-state index contributed by atoms with van der Waals surface area (Å²) in [5, 5.41) is 2.95. The number of carbonyl (C=O) groups is 4. The van der Waals surface area contributed by atoms with Gasteiger partial charge >= 0.3 is 24.2 Å². The van der Waals surface area contributed by atoms with E-state index < -0.39 is 24.3 Å². The van der Waals surface area contributed by atoms with Crippen LogP contribution in [0.1, 0.15) is 32.8 Å². The Labute approximate surface area is 186 Å². The predicted octanol–water partition coefficient (Wildman–Crippen LogP) is 2.38. The number of methoxy groups -OCH3 is 1. The fraction of sp³-hybridized carbons (Fsp3) is 0.524. The van der Waals surface area contributed by atoms with Crippen LogP contribution in [0.4, 0.5) is 9.59 Å². The average Bonchev–Trinajstić information content (AvgIpc) is 2.77. The van der Waals surface area contributed by atoms with E-state index in [2.05, 4.69) is 5.32 Å². The zero-order chi connectivity index (χ0) is 23.9. The van der Waals surface area contributed by atoms with Gasteiger partial charge in [-0.1, -0.05) is 13.0 Å². The van der Waals surface area contributed by atoms with Gasteiger partial charge in [-0.2, -0.15) is 0 Å². The van der Waals surface area contributed by atoms with E-state index in [0.717, 1.165) is 0 Å². The minimum absolute atomic E-state index is 0.0608. The van der Waals surface area contributed by atoms with Crippen molar-refractivity contribution >= 4 is 24.2 Å². The number of hydrogen-bond acceptors (Lipinski definition) is 11. The molecule has 178 valence electrons. The summed E-state index contributed by atoms with van der Waals surface area (Å²) in [6.45, 7) is 5.40. The van der Waals surface area contributed by atoms with Crippen LogP contribution in [0, 0.1) is 0 Å². The Hall–Kier alpha value is -3.34. The smallest absolute Gasteiger partial charge is 0.468 e. The van der Waals surface area contributed by atoms with Crippen LogP contribution in [0.5, 0.6) is 11.5 Å². The van der Waals surface area contributed by atoms with Crippen LogP contribution in [0.25, 0.3) is 0 Å². The maximum atomic E-state index is 12.1. The fourth-order valence-electron chi connectivity index (χ4n) is 2.43. The topological polar surface area (TPSA) is 136 Å². The molecule has 0 fully saturated rings. The monoisotopic (exact) mass is 455 g/mol. The van der Waals surface area contributed by atoms with Gasteiger partial charge in [-0.25, -0.2) is 9.59 Å². The van der Waals surface area contributed by atoms with Crippen molar-refractivity contribution in [1.82, 2.24) is 5.32 Å². The normalized spacial score (nSPS) is 11.1. The third-order valence-electron chi connectivity index (χ3n) is 3.89. The number of benzene rings is 1. The van der Waals surface area contributed by atoms with Gasteiger partial charge in [0.25, 0.3) is 0 Å². The summed E-state index contributed by atoms with van der Waals surface area (Å²) >= 11 is 0. The third-order valence-corrected chi connectivity index (χ3v) is 3.89. The highest BCUT2D eigenvalue weighted by Gasteiger charge is 2.22. The Morgan fingerprint density at radius 2 is 1.53 bits per heavy atom. The van der Waals surface area contributed by atoms with Crippen molar-refractivity contribution in [2.24, 2.45) is 0 Å². The zero-order valence-corrected chi connectivity index (χ0v) is 18.6. The number of esters is 2. The molecule has 1 atom stereocenters. The lowest BCUT2D eigenvalue weighted by molar-refractivity contribution is -0.143. The number of hydrogen-bond donors (Lipinski definition) is 1. The predicted molar refractivity (Wildman–Crippen MR) is 111 cm³/mol. The summed E-state index contributed by atoms with van der Waals surface area (Å²) in [6.07, 6.45) is -1.56. The maximum absolute atomic E-state index is 12.1. The van der Waals surface area contributed by atoms with Gasteiger partial charge in [0.15, 0.2) is 11.5 Å². The van der Waals surface area contributed by atoms with Gasteiger partial charge in [-0.3, -0.25) is 9.59 Å². The molecule has 0 aliphatic carbocycles. The molecule has 1 aromatic carbocycles. The molecule has 11 nitrogen and oxygen atoms in total. The number of ether oxygens (including phenoxy) is 6. The molecule has 0 amide bonds. The Bertz CT molecular complexity index is 780. The van der Waals surface area contributed by atoms with E-state index in [1.165, 1.54) is 19.2 Å². The second kappa shape index (κ2) is 14.6. The van der Waals surface area contributed by atoms with Crippen LogP contribution in [-0.4, -0.2) is 63.8 Å². The maximum Gasteiger partial charge on any atom is 0.513 e. The summed E-state index contributed by atoms with van der Waals surface area (Å²) in [5.74, 6) is -1.03. The molecular weight excluding hydrogens is 426 g/mol. The molecule has 1 N–H and O–H groups in total.